The Labute approximate surface area is 121 Å². The first-order valence-corrected chi connectivity index (χ1v) is 6.97. The number of carbonyl (C=O) groups is 1. The number of thiol groups is 1. The zero-order valence-corrected chi connectivity index (χ0v) is 11.7. The van der Waals surface area contributed by atoms with E-state index in [4.69, 9.17) is 0 Å². The van der Waals surface area contributed by atoms with Crippen LogP contribution in [0.4, 0.5) is 13.2 Å². The van der Waals surface area contributed by atoms with Gasteiger partial charge in [0.2, 0.25) is 5.91 Å². The number of halogens is 3. The average Bonchev–Trinajstić information content (AvgIpc) is 3.19. The lowest BCUT2D eigenvalue weighted by atomic mass is 10.1. The predicted molar refractivity (Wildman–Crippen MR) is 73.7 cm³/mol. The smallest absolute Gasteiger partial charge is 0.330 e. The second-order valence-corrected chi connectivity index (χ2v) is 5.64. The van der Waals surface area contributed by atoms with Crippen LogP contribution in [-0.4, -0.2) is 34.8 Å². The summed E-state index contributed by atoms with van der Waals surface area (Å²) in [5.74, 6) is -0.531. The van der Waals surface area contributed by atoms with Gasteiger partial charge in [0.1, 0.15) is 6.54 Å². The summed E-state index contributed by atoms with van der Waals surface area (Å²) < 4.78 is 37.6. The Hall–Kier alpha value is -1.17. The van der Waals surface area contributed by atoms with E-state index >= 15 is 0 Å². The second-order valence-electron chi connectivity index (χ2n) is 5.02. The van der Waals surface area contributed by atoms with Gasteiger partial charge in [-0.3, -0.25) is 4.79 Å². The first kappa shape index (κ1) is 15.2. The molecule has 0 radical (unpaired) electrons. The molecule has 1 atom stereocenters. The van der Waals surface area contributed by atoms with E-state index in [1.807, 2.05) is 30.3 Å². The van der Waals surface area contributed by atoms with E-state index in [1.165, 1.54) is 0 Å². The fraction of sp³-hybridized carbons (Fsp3) is 0.500. The first-order valence-electron chi connectivity index (χ1n) is 6.46. The van der Waals surface area contributed by atoms with Gasteiger partial charge in [0.05, 0.1) is 5.25 Å². The van der Waals surface area contributed by atoms with Crippen molar-refractivity contribution in [2.75, 3.05) is 6.54 Å². The standard InChI is InChI=1S/C14H16F3NOS/c15-14(16,17)9-18(11-6-7-11)13(19)12(20)8-10-4-2-1-3-5-10/h1-5,11-12,20H,6-9H2. The number of amides is 1. The molecule has 1 aromatic carbocycles. The van der Waals surface area contributed by atoms with Crippen molar-refractivity contribution >= 4 is 18.5 Å². The van der Waals surface area contributed by atoms with Gasteiger partial charge in [0, 0.05) is 6.04 Å². The number of alkyl halides is 3. The van der Waals surface area contributed by atoms with Gasteiger partial charge in [-0.15, -0.1) is 0 Å². The lowest BCUT2D eigenvalue weighted by Crippen LogP contribution is -2.44. The Morgan fingerprint density at radius 3 is 2.40 bits per heavy atom. The second kappa shape index (κ2) is 6.08. The summed E-state index contributed by atoms with van der Waals surface area (Å²) in [4.78, 5) is 13.1. The summed E-state index contributed by atoms with van der Waals surface area (Å²) >= 11 is 4.19. The van der Waals surface area contributed by atoms with Crippen molar-refractivity contribution in [3.05, 3.63) is 35.9 Å². The van der Waals surface area contributed by atoms with Gasteiger partial charge in [-0.2, -0.15) is 25.8 Å². The summed E-state index contributed by atoms with van der Waals surface area (Å²) in [7, 11) is 0. The van der Waals surface area contributed by atoms with Crippen molar-refractivity contribution in [3.63, 3.8) is 0 Å². The fourth-order valence-corrected chi connectivity index (χ4v) is 2.44. The molecular formula is C14H16F3NOS. The van der Waals surface area contributed by atoms with Crippen molar-refractivity contribution < 1.29 is 18.0 Å². The van der Waals surface area contributed by atoms with Crippen molar-refractivity contribution in [2.45, 2.75) is 36.7 Å². The maximum atomic E-state index is 12.5. The SMILES string of the molecule is O=C(C(S)Cc1ccccc1)N(CC(F)(F)F)C1CC1. The minimum Gasteiger partial charge on any atom is -0.330 e. The molecule has 0 bridgehead atoms. The number of carbonyl (C=O) groups excluding carboxylic acids is 1. The molecule has 0 aromatic heterocycles. The number of rotatable bonds is 5. The van der Waals surface area contributed by atoms with Gasteiger partial charge < -0.3 is 4.90 Å². The van der Waals surface area contributed by atoms with E-state index in [0.717, 1.165) is 10.5 Å². The molecule has 1 fully saturated rings. The zero-order valence-electron chi connectivity index (χ0n) is 10.8. The van der Waals surface area contributed by atoms with Crippen LogP contribution in [0.5, 0.6) is 0 Å². The summed E-state index contributed by atoms with van der Waals surface area (Å²) in [6, 6.07) is 8.90. The number of hydrogen-bond acceptors (Lipinski definition) is 2. The summed E-state index contributed by atoms with van der Waals surface area (Å²) in [6.45, 7) is -1.18. The number of nitrogens with zero attached hydrogens (tertiary/aromatic N) is 1. The third kappa shape index (κ3) is 4.44. The van der Waals surface area contributed by atoms with Crippen LogP contribution in [0.2, 0.25) is 0 Å². The quantitative estimate of drug-likeness (QED) is 0.829. The minimum atomic E-state index is -4.36. The molecule has 6 heteroatoms. The molecule has 20 heavy (non-hydrogen) atoms. The Morgan fingerprint density at radius 2 is 1.90 bits per heavy atom. The average molecular weight is 303 g/mol. The number of hydrogen-bond donors (Lipinski definition) is 1. The molecule has 1 unspecified atom stereocenters. The topological polar surface area (TPSA) is 20.3 Å². The van der Waals surface area contributed by atoms with Crippen LogP contribution in [0.15, 0.2) is 30.3 Å². The molecule has 0 N–H and O–H groups in total. The van der Waals surface area contributed by atoms with Crippen molar-refractivity contribution in [1.82, 2.24) is 4.90 Å². The molecular weight excluding hydrogens is 287 g/mol. The molecule has 110 valence electrons. The van der Waals surface area contributed by atoms with Gasteiger partial charge >= 0.3 is 6.18 Å². The Kier molecular flexibility index (Phi) is 4.62. The number of benzene rings is 1. The zero-order chi connectivity index (χ0) is 14.8. The molecule has 0 saturated heterocycles. The lowest BCUT2D eigenvalue weighted by Gasteiger charge is -2.26. The van der Waals surface area contributed by atoms with Crippen molar-refractivity contribution in [2.24, 2.45) is 0 Å². The van der Waals surface area contributed by atoms with E-state index in [9.17, 15) is 18.0 Å². The van der Waals surface area contributed by atoms with Gasteiger partial charge in [-0.05, 0) is 24.8 Å². The van der Waals surface area contributed by atoms with E-state index < -0.39 is 23.9 Å². The highest BCUT2D eigenvalue weighted by atomic mass is 32.1. The highest BCUT2D eigenvalue weighted by Gasteiger charge is 2.41. The van der Waals surface area contributed by atoms with Crippen LogP contribution in [0.3, 0.4) is 0 Å². The van der Waals surface area contributed by atoms with E-state index in [0.29, 0.717) is 19.3 Å². The fourth-order valence-electron chi connectivity index (χ4n) is 2.08. The molecule has 1 saturated carbocycles. The van der Waals surface area contributed by atoms with Crippen LogP contribution in [0.1, 0.15) is 18.4 Å². The lowest BCUT2D eigenvalue weighted by molar-refractivity contribution is -0.162. The molecule has 1 aliphatic carbocycles. The molecule has 0 aliphatic heterocycles. The largest absolute Gasteiger partial charge is 0.406 e. The molecule has 1 amide bonds. The van der Waals surface area contributed by atoms with Crippen molar-refractivity contribution in [3.8, 4) is 0 Å². The third-order valence-corrected chi connectivity index (χ3v) is 3.58. The van der Waals surface area contributed by atoms with Gasteiger partial charge in [0.25, 0.3) is 0 Å². The molecule has 0 heterocycles. The normalized spacial score (nSPS) is 16.8. The van der Waals surface area contributed by atoms with E-state index in [1.54, 1.807) is 0 Å². The Bertz CT molecular complexity index is 459. The minimum absolute atomic E-state index is 0.269. The van der Waals surface area contributed by atoms with Crippen LogP contribution < -0.4 is 0 Å². The maximum absolute atomic E-state index is 12.5. The van der Waals surface area contributed by atoms with Crippen LogP contribution in [-0.2, 0) is 11.2 Å². The van der Waals surface area contributed by atoms with Gasteiger partial charge in [-0.25, -0.2) is 0 Å². The summed E-state index contributed by atoms with van der Waals surface area (Å²) in [6.07, 6.45) is -2.73. The van der Waals surface area contributed by atoms with Gasteiger partial charge in [-0.1, -0.05) is 30.3 Å². The Morgan fingerprint density at radius 1 is 1.30 bits per heavy atom. The molecule has 0 spiro atoms. The molecule has 1 aliphatic rings. The first-order chi connectivity index (χ1) is 9.37. The van der Waals surface area contributed by atoms with Gasteiger partial charge in [0.15, 0.2) is 0 Å². The van der Waals surface area contributed by atoms with Crippen molar-refractivity contribution in [1.29, 1.82) is 0 Å². The molecule has 2 rings (SSSR count). The Balaban J connectivity index is 2.00. The highest BCUT2D eigenvalue weighted by Crippen LogP contribution is 2.31. The maximum Gasteiger partial charge on any atom is 0.406 e. The van der Waals surface area contributed by atoms with E-state index in [2.05, 4.69) is 12.6 Å². The predicted octanol–water partition coefficient (Wildman–Crippen LogP) is 3.08. The third-order valence-electron chi connectivity index (χ3n) is 3.18. The van der Waals surface area contributed by atoms with E-state index in [-0.39, 0.29) is 6.04 Å². The molecule has 1 aromatic rings. The summed E-state index contributed by atoms with van der Waals surface area (Å²) in [5, 5.41) is -0.736. The van der Waals surface area contributed by atoms with Crippen LogP contribution >= 0.6 is 12.6 Å². The van der Waals surface area contributed by atoms with Crippen LogP contribution in [0, 0.1) is 0 Å². The summed E-state index contributed by atoms with van der Waals surface area (Å²) in [5.41, 5.74) is 0.892. The van der Waals surface area contributed by atoms with Crippen LogP contribution in [0.25, 0.3) is 0 Å². The molecule has 2 nitrogen and oxygen atoms in total. The highest BCUT2D eigenvalue weighted by molar-refractivity contribution is 7.81. The monoisotopic (exact) mass is 303 g/mol.